The van der Waals surface area contributed by atoms with Crippen LogP contribution in [0.25, 0.3) is 0 Å². The molecule has 1 atom stereocenters. The fourth-order valence-corrected chi connectivity index (χ4v) is 3.05. The van der Waals surface area contributed by atoms with E-state index in [0.29, 0.717) is 0 Å². The molecule has 1 N–H and O–H groups in total. The lowest BCUT2D eigenvalue weighted by atomic mass is 9.77. The van der Waals surface area contributed by atoms with Crippen molar-refractivity contribution in [1.29, 1.82) is 0 Å². The molecular weight excluding hydrogens is 208 g/mol. The second-order valence-electron chi connectivity index (χ2n) is 5.41. The van der Waals surface area contributed by atoms with E-state index in [4.69, 9.17) is 0 Å². The summed E-state index contributed by atoms with van der Waals surface area (Å²) in [4.78, 5) is 2.69. The zero-order chi connectivity index (χ0) is 11.7. The third-order valence-corrected chi connectivity index (χ3v) is 4.20. The van der Waals surface area contributed by atoms with Crippen molar-refractivity contribution in [2.24, 2.45) is 0 Å². The van der Waals surface area contributed by atoms with Crippen LogP contribution >= 0.6 is 0 Å². The highest BCUT2D eigenvalue weighted by atomic mass is 15.2. The monoisotopic (exact) mass is 230 g/mol. The van der Waals surface area contributed by atoms with Crippen molar-refractivity contribution < 1.29 is 0 Å². The first kappa shape index (κ1) is 11.2. The van der Waals surface area contributed by atoms with E-state index in [0.717, 1.165) is 12.0 Å². The molecule has 2 nitrogen and oxygen atoms in total. The maximum Gasteiger partial charge on any atom is 0.0345 e. The Bertz CT molecular complexity index is 384. The minimum absolute atomic E-state index is 0.790. The van der Waals surface area contributed by atoms with Crippen LogP contribution in [0.4, 0.5) is 0 Å². The predicted molar refractivity (Wildman–Crippen MR) is 71.4 cm³/mol. The van der Waals surface area contributed by atoms with Gasteiger partial charge in [0.1, 0.15) is 0 Å². The van der Waals surface area contributed by atoms with Gasteiger partial charge >= 0.3 is 0 Å². The molecule has 1 fully saturated rings. The Morgan fingerprint density at radius 1 is 1.29 bits per heavy atom. The zero-order valence-electron chi connectivity index (χ0n) is 10.7. The van der Waals surface area contributed by atoms with Gasteiger partial charge in [0, 0.05) is 31.6 Å². The number of fused-ring (bicyclic) bond motifs is 1. The van der Waals surface area contributed by atoms with Crippen LogP contribution in [0.5, 0.6) is 0 Å². The highest BCUT2D eigenvalue weighted by Gasteiger charge is 2.31. The molecule has 17 heavy (non-hydrogen) atoms. The van der Waals surface area contributed by atoms with Crippen LogP contribution < -0.4 is 5.32 Å². The zero-order valence-corrected chi connectivity index (χ0v) is 10.7. The van der Waals surface area contributed by atoms with Crippen molar-refractivity contribution >= 4 is 0 Å². The van der Waals surface area contributed by atoms with Crippen LogP contribution in [-0.2, 0) is 6.42 Å². The van der Waals surface area contributed by atoms with E-state index in [1.807, 2.05) is 0 Å². The molecule has 1 aliphatic carbocycles. The standard InChI is InChI=1S/C15H22N2/c1-2-7-17(14-9-16-10-14)11-13-8-12-5-3-4-6-15(12)13/h3-6,13-14,16H,2,7-11H2,1H3. The van der Waals surface area contributed by atoms with E-state index in [2.05, 4.69) is 41.4 Å². The third-order valence-electron chi connectivity index (χ3n) is 4.20. The molecule has 0 radical (unpaired) electrons. The fourth-order valence-electron chi connectivity index (χ4n) is 3.05. The molecule has 0 bridgehead atoms. The molecule has 2 aliphatic rings. The van der Waals surface area contributed by atoms with E-state index in [1.165, 1.54) is 39.0 Å². The average molecular weight is 230 g/mol. The quantitative estimate of drug-likeness (QED) is 0.832. The van der Waals surface area contributed by atoms with Crippen molar-refractivity contribution in [1.82, 2.24) is 10.2 Å². The SMILES string of the molecule is CCCN(CC1Cc2ccccc21)C1CNC1. The van der Waals surface area contributed by atoms with Crippen molar-refractivity contribution in [3.63, 3.8) is 0 Å². The summed E-state index contributed by atoms with van der Waals surface area (Å²) in [6.07, 6.45) is 2.56. The van der Waals surface area contributed by atoms with Gasteiger partial charge in [-0.15, -0.1) is 0 Å². The van der Waals surface area contributed by atoms with Gasteiger partial charge < -0.3 is 5.32 Å². The van der Waals surface area contributed by atoms with E-state index in [-0.39, 0.29) is 0 Å². The number of nitrogens with one attached hydrogen (secondary N) is 1. The van der Waals surface area contributed by atoms with Gasteiger partial charge in [-0.3, -0.25) is 4.90 Å². The van der Waals surface area contributed by atoms with Gasteiger partial charge in [-0.2, -0.15) is 0 Å². The van der Waals surface area contributed by atoms with Crippen LogP contribution in [0.1, 0.15) is 30.4 Å². The Hall–Kier alpha value is -0.860. The Kier molecular flexibility index (Phi) is 3.17. The molecule has 0 spiro atoms. The van der Waals surface area contributed by atoms with Crippen molar-refractivity contribution in [3.05, 3.63) is 35.4 Å². The molecule has 0 amide bonds. The number of nitrogens with zero attached hydrogens (tertiary/aromatic N) is 1. The molecule has 92 valence electrons. The summed E-state index contributed by atoms with van der Waals surface area (Å²) in [5, 5.41) is 3.39. The molecule has 3 rings (SSSR count). The lowest BCUT2D eigenvalue weighted by molar-refractivity contribution is 0.133. The van der Waals surface area contributed by atoms with E-state index < -0.39 is 0 Å². The minimum atomic E-state index is 0.790. The number of hydrogen-bond acceptors (Lipinski definition) is 2. The first-order valence-electron chi connectivity index (χ1n) is 6.91. The molecule has 1 aromatic rings. The van der Waals surface area contributed by atoms with Crippen LogP contribution in [-0.4, -0.2) is 37.1 Å². The molecule has 1 saturated heterocycles. The molecule has 1 heterocycles. The minimum Gasteiger partial charge on any atom is -0.314 e. The van der Waals surface area contributed by atoms with Crippen molar-refractivity contribution in [3.8, 4) is 0 Å². The lowest BCUT2D eigenvalue weighted by Crippen LogP contribution is -2.58. The van der Waals surface area contributed by atoms with Gasteiger partial charge in [0.05, 0.1) is 0 Å². The molecular formula is C15H22N2. The number of hydrogen-bond donors (Lipinski definition) is 1. The summed E-state index contributed by atoms with van der Waals surface area (Å²) >= 11 is 0. The Morgan fingerprint density at radius 2 is 2.12 bits per heavy atom. The summed E-state index contributed by atoms with van der Waals surface area (Å²) < 4.78 is 0. The van der Waals surface area contributed by atoms with Crippen LogP contribution in [0.2, 0.25) is 0 Å². The average Bonchev–Trinajstić information content (AvgIpc) is 2.23. The Morgan fingerprint density at radius 3 is 2.76 bits per heavy atom. The molecule has 1 aliphatic heterocycles. The van der Waals surface area contributed by atoms with Crippen molar-refractivity contribution in [2.45, 2.75) is 31.7 Å². The second kappa shape index (κ2) is 4.79. The third kappa shape index (κ3) is 2.12. The summed E-state index contributed by atoms with van der Waals surface area (Å²) in [6, 6.07) is 9.73. The first-order valence-corrected chi connectivity index (χ1v) is 6.91. The summed E-state index contributed by atoms with van der Waals surface area (Å²) in [5.74, 6) is 0.790. The molecule has 0 aromatic heterocycles. The summed E-state index contributed by atoms with van der Waals surface area (Å²) in [5.41, 5.74) is 3.17. The number of benzene rings is 1. The van der Waals surface area contributed by atoms with Crippen LogP contribution in [0.3, 0.4) is 0 Å². The lowest BCUT2D eigenvalue weighted by Gasteiger charge is -2.42. The topological polar surface area (TPSA) is 15.3 Å². The Labute approximate surface area is 104 Å². The van der Waals surface area contributed by atoms with Gasteiger partial charge in [-0.05, 0) is 30.5 Å². The Balaban J connectivity index is 1.62. The molecule has 0 saturated carbocycles. The van der Waals surface area contributed by atoms with Gasteiger partial charge in [0.15, 0.2) is 0 Å². The van der Waals surface area contributed by atoms with E-state index in [1.54, 1.807) is 11.1 Å². The normalized spacial score (nSPS) is 23.1. The largest absolute Gasteiger partial charge is 0.314 e. The maximum absolute atomic E-state index is 3.39. The first-order chi connectivity index (χ1) is 8.38. The van der Waals surface area contributed by atoms with Crippen molar-refractivity contribution in [2.75, 3.05) is 26.2 Å². The predicted octanol–water partition coefficient (Wildman–Crippen LogP) is 2.01. The van der Waals surface area contributed by atoms with Gasteiger partial charge in [0.2, 0.25) is 0 Å². The highest BCUT2D eigenvalue weighted by Crippen LogP contribution is 2.35. The molecule has 1 aromatic carbocycles. The van der Waals surface area contributed by atoms with E-state index in [9.17, 15) is 0 Å². The second-order valence-corrected chi connectivity index (χ2v) is 5.41. The van der Waals surface area contributed by atoms with Gasteiger partial charge in [0.25, 0.3) is 0 Å². The number of rotatable bonds is 5. The smallest absolute Gasteiger partial charge is 0.0345 e. The van der Waals surface area contributed by atoms with Crippen LogP contribution in [0.15, 0.2) is 24.3 Å². The van der Waals surface area contributed by atoms with Crippen LogP contribution in [0, 0.1) is 0 Å². The summed E-state index contributed by atoms with van der Waals surface area (Å²) in [7, 11) is 0. The van der Waals surface area contributed by atoms with E-state index >= 15 is 0 Å². The molecule has 2 heteroatoms. The highest BCUT2D eigenvalue weighted by molar-refractivity contribution is 5.40. The van der Waals surface area contributed by atoms with Gasteiger partial charge in [-0.25, -0.2) is 0 Å². The fraction of sp³-hybridized carbons (Fsp3) is 0.600. The maximum atomic E-state index is 3.39. The summed E-state index contributed by atoms with van der Waals surface area (Å²) in [6.45, 7) is 7.18. The van der Waals surface area contributed by atoms with Gasteiger partial charge in [-0.1, -0.05) is 31.2 Å². The molecule has 1 unspecified atom stereocenters.